The lowest BCUT2D eigenvalue weighted by Gasteiger charge is -2.14. The molecule has 0 N–H and O–H groups in total. The van der Waals surface area contributed by atoms with Gasteiger partial charge in [0.2, 0.25) is 0 Å². The van der Waals surface area contributed by atoms with Crippen LogP contribution in [0, 0.1) is 0 Å². The summed E-state index contributed by atoms with van der Waals surface area (Å²) in [5.74, 6) is 0. The highest BCUT2D eigenvalue weighted by Gasteiger charge is 2.20. The van der Waals surface area contributed by atoms with Gasteiger partial charge in [0.25, 0.3) is 0 Å². The number of halogens is 2. The van der Waals surface area contributed by atoms with Gasteiger partial charge in [-0.1, -0.05) is 13.3 Å². The van der Waals surface area contributed by atoms with Crippen molar-refractivity contribution in [2.75, 3.05) is 6.54 Å². The van der Waals surface area contributed by atoms with Gasteiger partial charge >= 0.3 is 0 Å². The van der Waals surface area contributed by atoms with Crippen LogP contribution in [0.5, 0.6) is 0 Å². The molecule has 1 saturated heterocycles. The molecule has 3 heteroatoms. The normalized spacial score (nSPS) is 26.4. The average molecular weight is 184 g/mol. The van der Waals surface area contributed by atoms with E-state index in [0.717, 1.165) is 6.54 Å². The summed E-state index contributed by atoms with van der Waals surface area (Å²) in [6, 6.07) is 0.677. The van der Waals surface area contributed by atoms with Gasteiger partial charge < -0.3 is 0 Å². The summed E-state index contributed by atoms with van der Waals surface area (Å²) in [5, 5.41) is 0. The molecule has 0 saturated carbocycles. The Morgan fingerprint density at radius 1 is 1.60 bits per heavy atom. The summed E-state index contributed by atoms with van der Waals surface area (Å²) in [6.45, 7) is 3.30. The van der Waals surface area contributed by atoms with E-state index >= 15 is 0 Å². The monoisotopic (exact) mass is 183 g/mol. The molecule has 1 aliphatic heterocycles. The quantitative estimate of drug-likeness (QED) is 0.596. The fraction of sp³-hybridized carbons (Fsp3) is 1.00. The van der Waals surface area contributed by atoms with Crippen LogP contribution >= 0.6 is 24.2 Å². The van der Waals surface area contributed by atoms with E-state index in [4.69, 9.17) is 11.8 Å². The van der Waals surface area contributed by atoms with E-state index in [1.165, 1.54) is 25.7 Å². The second-order valence-electron chi connectivity index (χ2n) is 2.71. The van der Waals surface area contributed by atoms with Crippen LogP contribution in [0.4, 0.5) is 0 Å². The van der Waals surface area contributed by atoms with Crippen molar-refractivity contribution < 1.29 is 0 Å². The summed E-state index contributed by atoms with van der Waals surface area (Å²) in [7, 11) is 0. The lowest BCUT2D eigenvalue weighted by Crippen LogP contribution is -2.18. The Morgan fingerprint density at radius 2 is 2.30 bits per heavy atom. The van der Waals surface area contributed by atoms with Crippen molar-refractivity contribution in [1.29, 1.82) is 0 Å². The molecule has 0 amide bonds. The molecule has 0 aliphatic carbocycles. The minimum atomic E-state index is 0. The number of hydrogen-bond acceptors (Lipinski definition) is 1. The molecule has 10 heavy (non-hydrogen) atoms. The highest BCUT2D eigenvalue weighted by atomic mass is 35.5. The van der Waals surface area contributed by atoms with E-state index < -0.39 is 0 Å². The van der Waals surface area contributed by atoms with Gasteiger partial charge in [0.1, 0.15) is 0 Å². The third-order valence-electron chi connectivity index (χ3n) is 1.93. The van der Waals surface area contributed by atoms with Gasteiger partial charge in [-0.25, -0.2) is 4.42 Å². The topological polar surface area (TPSA) is 3.24 Å². The maximum atomic E-state index is 5.89. The zero-order valence-corrected chi connectivity index (χ0v) is 7.92. The van der Waals surface area contributed by atoms with Crippen molar-refractivity contribution in [1.82, 2.24) is 4.42 Å². The maximum Gasteiger partial charge on any atom is 0.0252 e. The van der Waals surface area contributed by atoms with Gasteiger partial charge in [-0.3, -0.25) is 0 Å². The van der Waals surface area contributed by atoms with Crippen LogP contribution in [0.1, 0.15) is 32.6 Å². The standard InChI is InChI=1S/C7H14ClN.ClH/c1-2-4-7-5-3-6-9(7)8;/h7H,2-6H2,1H3;1H. The first-order valence-corrected chi connectivity index (χ1v) is 4.11. The molecule has 1 rings (SSSR count). The second kappa shape index (κ2) is 5.22. The zero-order valence-electron chi connectivity index (χ0n) is 6.35. The van der Waals surface area contributed by atoms with Crippen LogP contribution in [-0.2, 0) is 0 Å². The largest absolute Gasteiger partial charge is 0.217 e. The van der Waals surface area contributed by atoms with Gasteiger partial charge in [0.15, 0.2) is 0 Å². The Balaban J connectivity index is 0.000000810. The number of nitrogens with zero attached hydrogens (tertiary/aromatic N) is 1. The zero-order chi connectivity index (χ0) is 6.69. The summed E-state index contributed by atoms with van der Waals surface area (Å²) in [6.07, 6.45) is 5.11. The van der Waals surface area contributed by atoms with Gasteiger partial charge in [0.05, 0.1) is 0 Å². The van der Waals surface area contributed by atoms with Crippen molar-refractivity contribution in [3.63, 3.8) is 0 Å². The Bertz CT molecular complexity index is 87.7. The van der Waals surface area contributed by atoms with E-state index in [1.54, 1.807) is 0 Å². The fourth-order valence-corrected chi connectivity index (χ4v) is 1.73. The minimum absolute atomic E-state index is 0. The fourth-order valence-electron chi connectivity index (χ4n) is 1.42. The Hall–Kier alpha value is 0.540. The predicted molar refractivity (Wildman–Crippen MR) is 47.7 cm³/mol. The molecular formula is C7H15Cl2N. The maximum absolute atomic E-state index is 5.89. The van der Waals surface area contributed by atoms with Crippen molar-refractivity contribution in [3.05, 3.63) is 0 Å². The van der Waals surface area contributed by atoms with E-state index in [1.807, 2.05) is 4.42 Å². The van der Waals surface area contributed by atoms with Gasteiger partial charge in [-0.05, 0) is 31.0 Å². The van der Waals surface area contributed by atoms with E-state index in [-0.39, 0.29) is 12.4 Å². The molecule has 0 bridgehead atoms. The third kappa shape index (κ3) is 2.65. The summed E-state index contributed by atoms with van der Waals surface area (Å²) in [4.78, 5) is 0. The molecule has 1 nitrogen and oxygen atoms in total. The molecule has 0 aromatic heterocycles. The van der Waals surface area contributed by atoms with Crippen LogP contribution in [0.2, 0.25) is 0 Å². The third-order valence-corrected chi connectivity index (χ3v) is 2.37. The molecule has 1 fully saturated rings. The van der Waals surface area contributed by atoms with Crippen molar-refractivity contribution in [2.24, 2.45) is 0 Å². The van der Waals surface area contributed by atoms with Gasteiger partial charge in [-0.2, -0.15) is 0 Å². The molecule has 1 unspecified atom stereocenters. The molecule has 0 spiro atoms. The van der Waals surface area contributed by atoms with Crippen LogP contribution < -0.4 is 0 Å². The average Bonchev–Trinajstić information content (AvgIpc) is 2.18. The highest BCUT2D eigenvalue weighted by molar-refractivity contribution is 6.13. The van der Waals surface area contributed by atoms with Gasteiger partial charge in [-0.15, -0.1) is 12.4 Å². The van der Waals surface area contributed by atoms with Gasteiger partial charge in [0, 0.05) is 12.6 Å². The number of rotatable bonds is 2. The molecule has 0 radical (unpaired) electrons. The molecular weight excluding hydrogens is 169 g/mol. The first kappa shape index (κ1) is 10.5. The van der Waals surface area contributed by atoms with E-state index in [2.05, 4.69) is 6.92 Å². The SMILES string of the molecule is CCCC1CCCN1Cl.Cl. The van der Waals surface area contributed by atoms with Crippen LogP contribution in [0.25, 0.3) is 0 Å². The lowest BCUT2D eigenvalue weighted by molar-refractivity contribution is 0.395. The van der Waals surface area contributed by atoms with E-state index in [9.17, 15) is 0 Å². The van der Waals surface area contributed by atoms with E-state index in [0.29, 0.717) is 6.04 Å². The Morgan fingerprint density at radius 3 is 2.70 bits per heavy atom. The molecule has 1 atom stereocenters. The molecule has 1 aliphatic rings. The first-order valence-electron chi connectivity index (χ1n) is 3.77. The second-order valence-corrected chi connectivity index (χ2v) is 3.14. The van der Waals surface area contributed by atoms with Crippen LogP contribution in [-0.4, -0.2) is 17.0 Å². The van der Waals surface area contributed by atoms with Crippen LogP contribution in [0.3, 0.4) is 0 Å². The highest BCUT2D eigenvalue weighted by Crippen LogP contribution is 2.22. The van der Waals surface area contributed by atoms with Crippen LogP contribution in [0.15, 0.2) is 0 Å². The lowest BCUT2D eigenvalue weighted by atomic mass is 10.1. The Labute approximate surface area is 74.3 Å². The number of hydrogen-bond donors (Lipinski definition) is 0. The molecule has 62 valence electrons. The summed E-state index contributed by atoms with van der Waals surface area (Å²) >= 11 is 5.89. The van der Waals surface area contributed by atoms with Crippen molar-refractivity contribution >= 4 is 24.2 Å². The molecule has 0 aromatic carbocycles. The molecule has 1 heterocycles. The predicted octanol–water partition coefficient (Wildman–Crippen LogP) is 2.83. The van der Waals surface area contributed by atoms with Crippen molar-refractivity contribution in [3.8, 4) is 0 Å². The summed E-state index contributed by atoms with van der Waals surface area (Å²) in [5.41, 5.74) is 0. The smallest absolute Gasteiger partial charge is 0.0252 e. The summed E-state index contributed by atoms with van der Waals surface area (Å²) < 4.78 is 1.96. The minimum Gasteiger partial charge on any atom is -0.217 e. The first-order chi connectivity index (χ1) is 4.34. The van der Waals surface area contributed by atoms with Crippen molar-refractivity contribution in [2.45, 2.75) is 38.6 Å². The Kier molecular flexibility index (Phi) is 5.51. The molecule has 0 aromatic rings.